The summed E-state index contributed by atoms with van der Waals surface area (Å²) >= 11 is 0. The van der Waals surface area contributed by atoms with Gasteiger partial charge in [-0.15, -0.1) is 0 Å². The summed E-state index contributed by atoms with van der Waals surface area (Å²) in [5, 5.41) is 0. The highest BCUT2D eigenvalue weighted by molar-refractivity contribution is 4.92. The fraction of sp³-hybridized carbons (Fsp3) is 0.854. The normalized spacial score (nSPS) is 13.0. The van der Waals surface area contributed by atoms with Crippen LogP contribution >= 0.6 is 0 Å². The number of likely N-dealkylation sites (N-methyl/N-ethyl adjacent to an activating group) is 1. The van der Waals surface area contributed by atoms with Crippen LogP contribution in [0.5, 0.6) is 0 Å². The minimum atomic E-state index is 0.192. The Balaban J connectivity index is 3.55. The molecule has 0 spiro atoms. The van der Waals surface area contributed by atoms with Gasteiger partial charge in [0, 0.05) is 19.8 Å². The molecule has 0 aromatic carbocycles. The summed E-state index contributed by atoms with van der Waals surface area (Å²) in [4.78, 5) is 2.22. The van der Waals surface area contributed by atoms with Gasteiger partial charge in [-0.05, 0) is 84.7 Å². The number of allylic oxidation sites excluding steroid dienone is 6. The molecule has 0 radical (unpaired) electrons. The molecule has 44 heavy (non-hydrogen) atoms. The van der Waals surface area contributed by atoms with Gasteiger partial charge in [-0.25, -0.2) is 0 Å². The third-order valence-electron chi connectivity index (χ3n) is 8.37. The Hall–Kier alpha value is -0.900. The van der Waals surface area contributed by atoms with Gasteiger partial charge in [0.2, 0.25) is 0 Å². The molecule has 3 nitrogen and oxygen atoms in total. The molecule has 0 saturated heterocycles. The van der Waals surface area contributed by atoms with Crippen molar-refractivity contribution < 1.29 is 9.47 Å². The van der Waals surface area contributed by atoms with Crippen LogP contribution in [0, 0.1) is 0 Å². The van der Waals surface area contributed by atoms with Crippen molar-refractivity contribution in [2.75, 3.05) is 40.5 Å². The molecule has 0 rings (SSSR count). The van der Waals surface area contributed by atoms with Gasteiger partial charge in [-0.3, -0.25) is 0 Å². The molecule has 1 unspecified atom stereocenters. The average Bonchev–Trinajstić information content (AvgIpc) is 3.01. The van der Waals surface area contributed by atoms with E-state index in [0.717, 1.165) is 32.8 Å². The van der Waals surface area contributed by atoms with Crippen LogP contribution in [-0.4, -0.2) is 51.5 Å². The quantitative estimate of drug-likeness (QED) is 0.0515. The molecule has 1 atom stereocenters. The van der Waals surface area contributed by atoms with Crippen molar-refractivity contribution in [2.45, 2.75) is 187 Å². The fourth-order valence-electron chi connectivity index (χ4n) is 5.57. The van der Waals surface area contributed by atoms with E-state index in [2.05, 4.69) is 69.3 Å². The minimum absolute atomic E-state index is 0.192. The van der Waals surface area contributed by atoms with Crippen LogP contribution in [0.2, 0.25) is 0 Å². The highest BCUT2D eigenvalue weighted by atomic mass is 16.5. The molecule has 0 bridgehead atoms. The van der Waals surface area contributed by atoms with Gasteiger partial charge in [0.15, 0.2) is 0 Å². The largest absolute Gasteiger partial charge is 0.379 e. The van der Waals surface area contributed by atoms with Crippen LogP contribution in [0.3, 0.4) is 0 Å². The molecule has 0 aliphatic rings. The van der Waals surface area contributed by atoms with Crippen LogP contribution < -0.4 is 0 Å². The van der Waals surface area contributed by atoms with Gasteiger partial charge in [0.25, 0.3) is 0 Å². The number of unbranched alkanes of at least 4 members (excludes halogenated alkanes) is 21. The lowest BCUT2D eigenvalue weighted by Gasteiger charge is -2.21. The number of rotatable bonds is 36. The van der Waals surface area contributed by atoms with E-state index in [4.69, 9.17) is 9.47 Å². The SMILES string of the molecule is CCCCCC=CCC=CCCCCCCCCOCC(CN(C)C)OCCCCCCCCC=CCCCCCCCC. The molecular formula is C41H79NO2. The molecule has 3 heteroatoms. The molecule has 0 aliphatic heterocycles. The average molecular weight is 618 g/mol. The van der Waals surface area contributed by atoms with Crippen LogP contribution in [-0.2, 0) is 9.47 Å². The first-order valence-corrected chi connectivity index (χ1v) is 19.5. The molecule has 0 aromatic heterocycles. The summed E-state index contributed by atoms with van der Waals surface area (Å²) in [6.45, 7) is 7.96. The predicted molar refractivity (Wildman–Crippen MR) is 198 cm³/mol. The lowest BCUT2D eigenvalue weighted by molar-refractivity contribution is -0.0287. The molecular weight excluding hydrogens is 538 g/mol. The van der Waals surface area contributed by atoms with Gasteiger partial charge in [-0.2, -0.15) is 0 Å². The van der Waals surface area contributed by atoms with Crippen molar-refractivity contribution in [3.8, 4) is 0 Å². The second-order valence-corrected chi connectivity index (χ2v) is 13.4. The van der Waals surface area contributed by atoms with E-state index >= 15 is 0 Å². The summed E-state index contributed by atoms with van der Waals surface area (Å²) in [6.07, 6.45) is 48.6. The summed E-state index contributed by atoms with van der Waals surface area (Å²) < 4.78 is 12.2. The maximum absolute atomic E-state index is 6.22. The first-order chi connectivity index (χ1) is 21.7. The topological polar surface area (TPSA) is 21.7 Å². The molecule has 0 aliphatic carbocycles. The smallest absolute Gasteiger partial charge is 0.0934 e. The lowest BCUT2D eigenvalue weighted by atomic mass is 10.1. The highest BCUT2D eigenvalue weighted by Gasteiger charge is 2.10. The van der Waals surface area contributed by atoms with Crippen LogP contribution in [0.15, 0.2) is 36.5 Å². The summed E-state index contributed by atoms with van der Waals surface area (Å²) in [5.41, 5.74) is 0. The summed E-state index contributed by atoms with van der Waals surface area (Å²) in [6, 6.07) is 0. The number of nitrogens with zero attached hydrogens (tertiary/aromatic N) is 1. The Morgan fingerprint density at radius 2 is 0.841 bits per heavy atom. The zero-order valence-corrected chi connectivity index (χ0v) is 30.5. The van der Waals surface area contributed by atoms with Crippen molar-refractivity contribution in [2.24, 2.45) is 0 Å². The first kappa shape index (κ1) is 43.1. The third kappa shape index (κ3) is 37.3. The van der Waals surface area contributed by atoms with E-state index in [9.17, 15) is 0 Å². The minimum Gasteiger partial charge on any atom is -0.379 e. The van der Waals surface area contributed by atoms with Gasteiger partial charge < -0.3 is 14.4 Å². The van der Waals surface area contributed by atoms with Crippen molar-refractivity contribution in [3.63, 3.8) is 0 Å². The second kappa shape index (κ2) is 38.3. The van der Waals surface area contributed by atoms with E-state index in [1.165, 1.54) is 161 Å². The molecule has 260 valence electrons. The lowest BCUT2D eigenvalue weighted by Crippen LogP contribution is -2.32. The van der Waals surface area contributed by atoms with E-state index in [-0.39, 0.29) is 6.10 Å². The maximum atomic E-state index is 6.22. The van der Waals surface area contributed by atoms with Crippen LogP contribution in [0.4, 0.5) is 0 Å². The first-order valence-electron chi connectivity index (χ1n) is 19.5. The van der Waals surface area contributed by atoms with Crippen molar-refractivity contribution >= 4 is 0 Å². The van der Waals surface area contributed by atoms with Crippen LogP contribution in [0.25, 0.3) is 0 Å². The Morgan fingerprint density at radius 1 is 0.455 bits per heavy atom. The van der Waals surface area contributed by atoms with Crippen molar-refractivity contribution in [3.05, 3.63) is 36.5 Å². The van der Waals surface area contributed by atoms with E-state index in [1.807, 2.05) is 0 Å². The molecule has 0 heterocycles. The van der Waals surface area contributed by atoms with E-state index in [1.54, 1.807) is 0 Å². The van der Waals surface area contributed by atoms with Gasteiger partial charge >= 0.3 is 0 Å². The van der Waals surface area contributed by atoms with Gasteiger partial charge in [-0.1, -0.05) is 147 Å². The Morgan fingerprint density at radius 3 is 1.34 bits per heavy atom. The second-order valence-electron chi connectivity index (χ2n) is 13.4. The zero-order chi connectivity index (χ0) is 32.0. The fourth-order valence-corrected chi connectivity index (χ4v) is 5.57. The summed E-state index contributed by atoms with van der Waals surface area (Å²) in [7, 11) is 4.26. The Labute approximate surface area is 277 Å². The molecule has 0 saturated carbocycles. The summed E-state index contributed by atoms with van der Waals surface area (Å²) in [5.74, 6) is 0. The number of hydrogen-bond donors (Lipinski definition) is 0. The Bertz CT molecular complexity index is 612. The predicted octanol–water partition coefficient (Wildman–Crippen LogP) is 12.8. The monoisotopic (exact) mass is 618 g/mol. The van der Waals surface area contributed by atoms with Crippen molar-refractivity contribution in [1.29, 1.82) is 0 Å². The molecule has 0 amide bonds. The van der Waals surface area contributed by atoms with Gasteiger partial charge in [0.1, 0.15) is 0 Å². The molecule has 0 fully saturated rings. The van der Waals surface area contributed by atoms with Crippen LogP contribution in [0.1, 0.15) is 181 Å². The van der Waals surface area contributed by atoms with Gasteiger partial charge in [0.05, 0.1) is 12.7 Å². The Kier molecular flexibility index (Phi) is 37.5. The van der Waals surface area contributed by atoms with E-state index < -0.39 is 0 Å². The highest BCUT2D eigenvalue weighted by Crippen LogP contribution is 2.11. The number of ether oxygens (including phenoxy) is 2. The van der Waals surface area contributed by atoms with Crippen molar-refractivity contribution in [1.82, 2.24) is 4.90 Å². The molecule has 0 aromatic rings. The molecule has 0 N–H and O–H groups in total. The number of hydrogen-bond acceptors (Lipinski definition) is 3. The zero-order valence-electron chi connectivity index (χ0n) is 30.5. The standard InChI is InChI=1S/C41H79NO2/c1-5-7-9-11-13-15-17-19-21-23-25-27-29-31-33-35-37-43-40-41(39-42(3)4)44-38-36-34-32-30-28-26-24-22-20-18-16-14-12-10-8-6-2/h13,15,19-22,41H,5-12,14,16-18,23-40H2,1-4H3. The maximum Gasteiger partial charge on any atom is 0.0934 e. The third-order valence-corrected chi connectivity index (χ3v) is 8.37. The van der Waals surface area contributed by atoms with E-state index in [0.29, 0.717) is 0 Å².